The fraction of sp³-hybridized carbons (Fsp3) is 0.586. The number of hydrogen-bond donors (Lipinski definition) is 2. The number of anilines is 4. The number of pyridine rings is 1. The zero-order valence-corrected chi connectivity index (χ0v) is 23.9. The molecule has 0 unspecified atom stereocenters. The average Bonchev–Trinajstić information content (AvgIpc) is 3.82. The molecule has 0 atom stereocenters. The first-order valence-electron chi connectivity index (χ1n) is 14.2. The summed E-state index contributed by atoms with van der Waals surface area (Å²) in [5.41, 5.74) is 2.89. The van der Waals surface area contributed by atoms with Crippen molar-refractivity contribution in [2.45, 2.75) is 75.9 Å². The van der Waals surface area contributed by atoms with Crippen molar-refractivity contribution < 1.29 is 22.0 Å². The second-order valence-electron chi connectivity index (χ2n) is 12.5. The van der Waals surface area contributed by atoms with Crippen molar-refractivity contribution in [3.8, 4) is 0 Å². The van der Waals surface area contributed by atoms with E-state index in [0.29, 0.717) is 46.8 Å². The van der Waals surface area contributed by atoms with Gasteiger partial charge in [-0.05, 0) is 93.7 Å². The molecule has 4 aliphatic rings. The Bertz CT molecular complexity index is 1420. The minimum atomic E-state index is -3.54. The van der Waals surface area contributed by atoms with Crippen LogP contribution in [0.2, 0.25) is 0 Å². The Labute approximate surface area is 234 Å². The largest absolute Gasteiger partial charge is 0.371 e. The molecule has 1 spiro atoms. The smallest absolute Gasteiger partial charge is 0.258 e. The van der Waals surface area contributed by atoms with E-state index in [2.05, 4.69) is 19.9 Å². The van der Waals surface area contributed by atoms with Crippen molar-refractivity contribution in [3.63, 3.8) is 0 Å². The lowest BCUT2D eigenvalue weighted by Crippen LogP contribution is -2.39. The summed E-state index contributed by atoms with van der Waals surface area (Å²) in [5.74, 6) is -2.09. The first-order chi connectivity index (χ1) is 18.9. The van der Waals surface area contributed by atoms with Gasteiger partial charge in [-0.15, -0.1) is 0 Å². The van der Waals surface area contributed by atoms with Crippen LogP contribution in [-0.2, 0) is 10.0 Å². The van der Waals surface area contributed by atoms with Crippen molar-refractivity contribution in [2.75, 3.05) is 46.0 Å². The number of carbonyl (C=O) groups excluding carboxylic acids is 1. The number of benzene rings is 1. The van der Waals surface area contributed by atoms with E-state index in [1.165, 1.54) is 12.8 Å². The molecule has 1 amide bonds. The Morgan fingerprint density at radius 2 is 1.55 bits per heavy atom. The predicted octanol–water partition coefficient (Wildman–Crippen LogP) is 5.55. The Morgan fingerprint density at radius 1 is 0.900 bits per heavy atom. The number of aryl methyl sites for hydroxylation is 1. The van der Waals surface area contributed by atoms with Crippen LogP contribution in [-0.4, -0.2) is 56.2 Å². The van der Waals surface area contributed by atoms with Crippen molar-refractivity contribution in [1.82, 2.24) is 4.98 Å². The second kappa shape index (κ2) is 9.56. The molecule has 11 heteroatoms. The van der Waals surface area contributed by atoms with Gasteiger partial charge in [-0.2, -0.15) is 0 Å². The summed E-state index contributed by atoms with van der Waals surface area (Å²) in [6, 6.07) is 8.68. The van der Waals surface area contributed by atoms with E-state index in [4.69, 9.17) is 0 Å². The molecule has 1 aromatic carbocycles. The maximum atomic E-state index is 13.7. The highest BCUT2D eigenvalue weighted by molar-refractivity contribution is 7.94. The molecule has 6 rings (SSSR count). The molecule has 2 aliphatic carbocycles. The van der Waals surface area contributed by atoms with Gasteiger partial charge in [0.2, 0.25) is 10.0 Å². The second-order valence-corrected chi connectivity index (χ2v) is 14.7. The van der Waals surface area contributed by atoms with Crippen molar-refractivity contribution in [2.24, 2.45) is 5.41 Å². The van der Waals surface area contributed by atoms with Crippen LogP contribution in [0.3, 0.4) is 0 Å². The molecule has 4 fully saturated rings. The highest BCUT2D eigenvalue weighted by Crippen LogP contribution is 2.54. The number of hydrogen-bond acceptors (Lipinski definition) is 6. The van der Waals surface area contributed by atoms with Gasteiger partial charge in [-0.1, -0.05) is 0 Å². The van der Waals surface area contributed by atoms with Gasteiger partial charge in [0, 0.05) is 39.0 Å². The first kappa shape index (κ1) is 27.2. The molecule has 3 heterocycles. The molecule has 2 aromatic rings. The van der Waals surface area contributed by atoms with Gasteiger partial charge in [0.15, 0.2) is 0 Å². The molecule has 2 N–H and O–H groups in total. The third kappa shape index (κ3) is 5.49. The molecule has 8 nitrogen and oxygen atoms in total. The van der Waals surface area contributed by atoms with Crippen molar-refractivity contribution >= 4 is 38.9 Å². The number of carbonyl (C=O) groups is 1. The van der Waals surface area contributed by atoms with Crippen LogP contribution in [0.25, 0.3) is 0 Å². The van der Waals surface area contributed by atoms with Crippen LogP contribution in [0.4, 0.5) is 31.8 Å². The third-order valence-corrected chi connectivity index (χ3v) is 11.4. The highest BCUT2D eigenvalue weighted by atomic mass is 32.2. The zero-order valence-electron chi connectivity index (χ0n) is 23.1. The van der Waals surface area contributed by atoms with Crippen LogP contribution < -0.4 is 19.8 Å². The van der Waals surface area contributed by atoms with E-state index in [-0.39, 0.29) is 31.8 Å². The average molecular weight is 574 g/mol. The van der Waals surface area contributed by atoms with Gasteiger partial charge >= 0.3 is 0 Å². The predicted molar refractivity (Wildman–Crippen MR) is 153 cm³/mol. The van der Waals surface area contributed by atoms with E-state index in [9.17, 15) is 22.0 Å². The lowest BCUT2D eigenvalue weighted by molar-refractivity contribution is -0.0221. The van der Waals surface area contributed by atoms with E-state index >= 15 is 0 Å². The van der Waals surface area contributed by atoms with Crippen LogP contribution in [0.1, 0.15) is 74.2 Å². The fourth-order valence-electron chi connectivity index (χ4n) is 5.79. The van der Waals surface area contributed by atoms with Gasteiger partial charge in [-0.25, -0.2) is 22.2 Å². The van der Waals surface area contributed by atoms with Crippen LogP contribution in [0.5, 0.6) is 0 Å². The first-order valence-corrected chi connectivity index (χ1v) is 15.7. The summed E-state index contributed by atoms with van der Waals surface area (Å²) in [6.07, 6.45) is 5.44. The van der Waals surface area contributed by atoms with Crippen molar-refractivity contribution in [3.05, 3.63) is 41.5 Å². The van der Waals surface area contributed by atoms with Gasteiger partial charge < -0.3 is 15.1 Å². The Hall–Kier alpha value is -2.95. The molecular weight excluding hydrogens is 536 g/mol. The fourth-order valence-corrected chi connectivity index (χ4v) is 7.12. The van der Waals surface area contributed by atoms with Crippen LogP contribution >= 0.6 is 0 Å². The molecule has 1 aromatic heterocycles. The maximum absolute atomic E-state index is 13.7. The number of aromatic nitrogens is 1. The Morgan fingerprint density at radius 3 is 2.17 bits per heavy atom. The number of sulfonamides is 1. The molecule has 2 aliphatic heterocycles. The molecule has 2 saturated carbocycles. The third-order valence-electron chi connectivity index (χ3n) is 9.24. The Balaban J connectivity index is 1.25. The summed E-state index contributed by atoms with van der Waals surface area (Å²) < 4.78 is 55.2. The molecule has 2 saturated heterocycles. The van der Waals surface area contributed by atoms with E-state index in [1.54, 1.807) is 31.2 Å². The molecule has 40 heavy (non-hydrogen) atoms. The zero-order chi connectivity index (χ0) is 28.3. The quantitative estimate of drug-likeness (QED) is 0.451. The number of piperidine rings is 2. The lowest BCUT2D eigenvalue weighted by Gasteiger charge is -2.35. The summed E-state index contributed by atoms with van der Waals surface area (Å²) in [5, 5.41) is 2.91. The van der Waals surface area contributed by atoms with Gasteiger partial charge in [0.05, 0.1) is 21.7 Å². The van der Waals surface area contributed by atoms with Crippen molar-refractivity contribution in [1.29, 1.82) is 0 Å². The van der Waals surface area contributed by atoms with E-state index < -0.39 is 20.7 Å². The molecule has 0 radical (unpaired) electrons. The SMILES string of the molecule is Cc1cc(NC(=O)c2ccc(NS(=O)(=O)C3(C)CC3)cc2N2CCC3(CC2)CC3)nc(N2CCC(F)(F)CC2)c1. The minimum Gasteiger partial charge on any atom is -0.371 e. The number of halogens is 2. The summed E-state index contributed by atoms with van der Waals surface area (Å²) in [7, 11) is -3.54. The Kier molecular flexibility index (Phi) is 6.51. The number of rotatable bonds is 7. The topological polar surface area (TPSA) is 94.6 Å². The molecule has 0 bridgehead atoms. The van der Waals surface area contributed by atoms with Gasteiger partial charge in [-0.3, -0.25) is 9.52 Å². The van der Waals surface area contributed by atoms with Gasteiger partial charge in [0.1, 0.15) is 11.6 Å². The van der Waals surface area contributed by atoms with E-state index in [0.717, 1.165) is 31.5 Å². The number of alkyl halides is 2. The number of nitrogens with zero attached hydrogens (tertiary/aromatic N) is 3. The summed E-state index contributed by atoms with van der Waals surface area (Å²) in [4.78, 5) is 22.2. The monoisotopic (exact) mass is 573 g/mol. The normalized spacial score (nSPS) is 22.6. The lowest BCUT2D eigenvalue weighted by atomic mass is 9.93. The number of amides is 1. The molecular formula is C29H37F2N5O3S. The van der Waals surface area contributed by atoms with Gasteiger partial charge in [0.25, 0.3) is 11.8 Å². The molecule has 216 valence electrons. The summed E-state index contributed by atoms with van der Waals surface area (Å²) in [6.45, 7) is 5.65. The minimum absolute atomic E-state index is 0.202. The highest BCUT2D eigenvalue weighted by Gasteiger charge is 2.50. The van der Waals surface area contributed by atoms with Crippen LogP contribution in [0, 0.1) is 12.3 Å². The standard InChI is InChI=1S/C29H37F2N5O3S/c1-20-17-24(32-25(18-20)36-15-11-29(30,31)12-16-36)33-26(37)22-4-3-21(34-40(38,39)27(2)5-6-27)19-23(22)35-13-9-28(7-8-28)10-14-35/h3-4,17-19,34H,5-16H2,1-2H3,(H,32,33,37). The maximum Gasteiger partial charge on any atom is 0.258 e. The number of nitrogens with one attached hydrogen (secondary N) is 2. The summed E-state index contributed by atoms with van der Waals surface area (Å²) >= 11 is 0. The van der Waals surface area contributed by atoms with E-state index in [1.807, 2.05) is 17.9 Å². The van der Waals surface area contributed by atoms with Crippen LogP contribution in [0.15, 0.2) is 30.3 Å².